The maximum atomic E-state index is 5.82. The van der Waals surface area contributed by atoms with E-state index in [9.17, 15) is 0 Å². The maximum Gasteiger partial charge on any atom is 0.196 e. The number of guanidine groups is 1. The van der Waals surface area contributed by atoms with Crippen molar-refractivity contribution in [3.05, 3.63) is 5.82 Å². The van der Waals surface area contributed by atoms with E-state index in [1.807, 2.05) is 0 Å². The SMILES string of the molecule is Cn1nnc(CN=C(N)NC2CCCCC2)n1.I. The predicted molar refractivity (Wildman–Crippen MR) is 79.5 cm³/mol. The minimum Gasteiger partial charge on any atom is -0.370 e. The Labute approximate surface area is 124 Å². The summed E-state index contributed by atoms with van der Waals surface area (Å²) >= 11 is 0. The van der Waals surface area contributed by atoms with Crippen LogP contribution in [0.4, 0.5) is 0 Å². The number of tetrazole rings is 1. The van der Waals surface area contributed by atoms with Crippen molar-refractivity contribution in [2.24, 2.45) is 17.8 Å². The molecule has 0 amide bonds. The van der Waals surface area contributed by atoms with Gasteiger partial charge in [-0.1, -0.05) is 19.3 Å². The van der Waals surface area contributed by atoms with Crippen molar-refractivity contribution < 1.29 is 0 Å². The summed E-state index contributed by atoms with van der Waals surface area (Å²) in [5.41, 5.74) is 5.82. The Morgan fingerprint density at radius 2 is 2.17 bits per heavy atom. The van der Waals surface area contributed by atoms with Gasteiger partial charge in [-0.15, -0.1) is 34.2 Å². The Kier molecular flexibility index (Phi) is 6.30. The molecule has 0 aliphatic heterocycles. The highest BCUT2D eigenvalue weighted by Gasteiger charge is 2.13. The van der Waals surface area contributed by atoms with Gasteiger partial charge >= 0.3 is 0 Å². The second-order valence-corrected chi connectivity index (χ2v) is 4.38. The fourth-order valence-electron chi connectivity index (χ4n) is 2.04. The minimum absolute atomic E-state index is 0. The molecule has 7 nitrogen and oxygen atoms in total. The van der Waals surface area contributed by atoms with Gasteiger partial charge in [0.2, 0.25) is 0 Å². The highest BCUT2D eigenvalue weighted by atomic mass is 127. The van der Waals surface area contributed by atoms with Crippen LogP contribution in [0.2, 0.25) is 0 Å². The Morgan fingerprint density at radius 1 is 1.44 bits per heavy atom. The number of rotatable bonds is 3. The van der Waals surface area contributed by atoms with E-state index in [-0.39, 0.29) is 24.0 Å². The first-order valence-corrected chi connectivity index (χ1v) is 6.03. The Morgan fingerprint density at radius 3 is 2.78 bits per heavy atom. The van der Waals surface area contributed by atoms with Crippen LogP contribution in [-0.2, 0) is 13.6 Å². The molecule has 1 fully saturated rings. The van der Waals surface area contributed by atoms with E-state index in [0.29, 0.717) is 24.4 Å². The molecule has 3 N–H and O–H groups in total. The molecule has 1 heterocycles. The molecule has 2 rings (SSSR count). The molecule has 18 heavy (non-hydrogen) atoms. The molecule has 8 heteroatoms. The van der Waals surface area contributed by atoms with Crippen LogP contribution in [-0.4, -0.2) is 32.2 Å². The summed E-state index contributed by atoms with van der Waals surface area (Å²) in [6, 6.07) is 0.474. The van der Waals surface area contributed by atoms with Crippen LogP contribution in [0, 0.1) is 0 Å². The molecule has 102 valence electrons. The smallest absolute Gasteiger partial charge is 0.196 e. The largest absolute Gasteiger partial charge is 0.370 e. The van der Waals surface area contributed by atoms with Crippen LogP contribution in [0.5, 0.6) is 0 Å². The summed E-state index contributed by atoms with van der Waals surface area (Å²) in [4.78, 5) is 5.62. The van der Waals surface area contributed by atoms with E-state index in [2.05, 4.69) is 25.7 Å². The zero-order chi connectivity index (χ0) is 12.1. The number of hydrogen-bond donors (Lipinski definition) is 2. The van der Waals surface area contributed by atoms with Crippen molar-refractivity contribution in [3.63, 3.8) is 0 Å². The number of aliphatic imine (C=N–C) groups is 1. The van der Waals surface area contributed by atoms with Crippen LogP contribution in [0.15, 0.2) is 4.99 Å². The summed E-state index contributed by atoms with van der Waals surface area (Å²) in [7, 11) is 1.73. The fraction of sp³-hybridized carbons (Fsp3) is 0.800. The lowest BCUT2D eigenvalue weighted by molar-refractivity contribution is 0.412. The zero-order valence-corrected chi connectivity index (χ0v) is 12.9. The summed E-state index contributed by atoms with van der Waals surface area (Å²) < 4.78 is 0. The van der Waals surface area contributed by atoms with Crippen molar-refractivity contribution >= 4 is 29.9 Å². The highest BCUT2D eigenvalue weighted by molar-refractivity contribution is 14.0. The normalized spacial score (nSPS) is 17.3. The number of halogens is 1. The van der Waals surface area contributed by atoms with Gasteiger partial charge in [0.1, 0.15) is 6.54 Å². The number of aromatic nitrogens is 4. The highest BCUT2D eigenvalue weighted by Crippen LogP contribution is 2.16. The molecular weight excluding hydrogens is 345 g/mol. The van der Waals surface area contributed by atoms with E-state index in [4.69, 9.17) is 5.73 Å². The van der Waals surface area contributed by atoms with Crippen molar-refractivity contribution in [2.75, 3.05) is 0 Å². The molecule has 1 aromatic rings. The molecule has 0 saturated heterocycles. The monoisotopic (exact) mass is 365 g/mol. The molecule has 0 aromatic carbocycles. The van der Waals surface area contributed by atoms with E-state index >= 15 is 0 Å². The van der Waals surface area contributed by atoms with Crippen LogP contribution < -0.4 is 11.1 Å². The lowest BCUT2D eigenvalue weighted by Gasteiger charge is -2.23. The second-order valence-electron chi connectivity index (χ2n) is 4.38. The quantitative estimate of drug-likeness (QED) is 0.464. The van der Waals surface area contributed by atoms with E-state index in [1.54, 1.807) is 7.05 Å². The van der Waals surface area contributed by atoms with Crippen LogP contribution >= 0.6 is 24.0 Å². The summed E-state index contributed by atoms with van der Waals surface area (Å²) in [6.45, 7) is 0.374. The van der Waals surface area contributed by atoms with Gasteiger partial charge < -0.3 is 11.1 Å². The zero-order valence-electron chi connectivity index (χ0n) is 10.5. The van der Waals surface area contributed by atoms with Crippen LogP contribution in [0.3, 0.4) is 0 Å². The summed E-state index contributed by atoms with van der Waals surface area (Å²) in [6.07, 6.45) is 6.24. The lowest BCUT2D eigenvalue weighted by Crippen LogP contribution is -2.41. The molecular formula is C10H20IN7. The van der Waals surface area contributed by atoms with E-state index in [0.717, 1.165) is 0 Å². The van der Waals surface area contributed by atoms with Crippen molar-refractivity contribution in [1.29, 1.82) is 0 Å². The van der Waals surface area contributed by atoms with Crippen molar-refractivity contribution in [2.45, 2.75) is 44.7 Å². The topological polar surface area (TPSA) is 94.0 Å². The minimum atomic E-state index is 0. The molecule has 1 saturated carbocycles. The van der Waals surface area contributed by atoms with Crippen molar-refractivity contribution in [1.82, 2.24) is 25.5 Å². The molecule has 1 aliphatic rings. The summed E-state index contributed by atoms with van der Waals surface area (Å²) in [5, 5.41) is 14.9. The lowest BCUT2D eigenvalue weighted by atomic mass is 9.96. The fourth-order valence-corrected chi connectivity index (χ4v) is 2.04. The van der Waals surface area contributed by atoms with Gasteiger partial charge in [0.05, 0.1) is 7.05 Å². The van der Waals surface area contributed by atoms with Gasteiger partial charge in [-0.3, -0.25) is 0 Å². The molecule has 0 bridgehead atoms. The van der Waals surface area contributed by atoms with Crippen molar-refractivity contribution in [3.8, 4) is 0 Å². The first kappa shape index (κ1) is 15.1. The van der Waals surface area contributed by atoms with Gasteiger partial charge in [-0.05, 0) is 18.1 Å². The molecule has 0 unspecified atom stereocenters. The van der Waals surface area contributed by atoms with Gasteiger partial charge in [0.15, 0.2) is 11.8 Å². The first-order valence-electron chi connectivity index (χ1n) is 6.03. The number of nitrogens with one attached hydrogen (secondary N) is 1. The standard InChI is InChI=1S/C10H19N7.HI/c1-17-15-9(14-16-17)7-12-10(11)13-8-5-3-2-4-6-8;/h8H,2-7H2,1H3,(H3,11,12,13);1H. The Hall–Kier alpha value is -0.930. The second kappa shape index (κ2) is 7.49. The molecule has 1 aliphatic carbocycles. The van der Waals surface area contributed by atoms with Gasteiger partial charge in [-0.2, -0.15) is 4.80 Å². The third kappa shape index (κ3) is 4.75. The van der Waals surface area contributed by atoms with E-state index in [1.165, 1.54) is 36.9 Å². The number of aryl methyl sites for hydroxylation is 1. The molecule has 0 radical (unpaired) electrons. The van der Waals surface area contributed by atoms with Gasteiger partial charge in [0.25, 0.3) is 0 Å². The number of hydrogen-bond acceptors (Lipinski definition) is 4. The summed E-state index contributed by atoms with van der Waals surface area (Å²) in [5.74, 6) is 1.06. The van der Waals surface area contributed by atoms with E-state index < -0.39 is 0 Å². The van der Waals surface area contributed by atoms with Crippen LogP contribution in [0.1, 0.15) is 37.9 Å². The maximum absolute atomic E-state index is 5.82. The number of nitrogens with zero attached hydrogens (tertiary/aromatic N) is 5. The third-order valence-electron chi connectivity index (χ3n) is 2.90. The average Bonchev–Trinajstić information content (AvgIpc) is 2.74. The molecule has 0 spiro atoms. The van der Waals surface area contributed by atoms with Gasteiger partial charge in [0, 0.05) is 6.04 Å². The average molecular weight is 365 g/mol. The molecule has 0 atom stereocenters. The Balaban J connectivity index is 0.00000162. The Bertz CT molecular complexity index is 383. The van der Waals surface area contributed by atoms with Gasteiger partial charge in [-0.25, -0.2) is 4.99 Å². The first-order chi connectivity index (χ1) is 8.24. The third-order valence-corrected chi connectivity index (χ3v) is 2.90. The van der Waals surface area contributed by atoms with Crippen LogP contribution in [0.25, 0.3) is 0 Å². The number of nitrogens with two attached hydrogens (primary N) is 1. The molecule has 1 aromatic heterocycles. The predicted octanol–water partition coefficient (Wildman–Crippen LogP) is 0.565.